The van der Waals surface area contributed by atoms with Crippen LogP contribution >= 0.6 is 15.9 Å². The van der Waals surface area contributed by atoms with Crippen molar-refractivity contribution < 1.29 is 9.59 Å². The number of aromatic nitrogens is 1. The number of fused-ring (bicyclic) bond motifs is 1. The van der Waals surface area contributed by atoms with Crippen LogP contribution in [0.2, 0.25) is 0 Å². The van der Waals surface area contributed by atoms with Crippen LogP contribution in [-0.2, 0) is 4.79 Å². The molecular formula is C24H29BrN4O2. The summed E-state index contributed by atoms with van der Waals surface area (Å²) in [5.74, 6) is -0.745. The van der Waals surface area contributed by atoms with Crippen molar-refractivity contribution in [1.29, 1.82) is 0 Å². The van der Waals surface area contributed by atoms with E-state index in [1.807, 2.05) is 39.0 Å². The van der Waals surface area contributed by atoms with Gasteiger partial charge in [0.2, 0.25) is 0 Å². The average Bonchev–Trinajstić information content (AvgIpc) is 3.35. The van der Waals surface area contributed by atoms with Gasteiger partial charge in [0.1, 0.15) is 0 Å². The third-order valence-electron chi connectivity index (χ3n) is 6.52. The molecule has 2 atom stereocenters. The lowest BCUT2D eigenvalue weighted by Crippen LogP contribution is -2.35. The number of likely N-dealkylation sites (tertiary alicyclic amines) is 1. The SMILES string of the molecule is CC1=CC(C)=NC(=O)C1CNC(=O)c1cc2cc(Br)cn2c(C(C)N2CCCC2)c1C. The molecule has 0 aromatic carbocycles. The second kappa shape index (κ2) is 8.71. The third kappa shape index (κ3) is 4.26. The van der Waals surface area contributed by atoms with Crippen LogP contribution in [0.15, 0.2) is 39.4 Å². The van der Waals surface area contributed by atoms with Crippen molar-refractivity contribution in [3.63, 3.8) is 0 Å². The van der Waals surface area contributed by atoms with Crippen molar-refractivity contribution in [2.45, 2.75) is 46.6 Å². The predicted octanol–water partition coefficient (Wildman–Crippen LogP) is 4.46. The molecule has 0 saturated carbocycles. The van der Waals surface area contributed by atoms with Crippen molar-refractivity contribution in [1.82, 2.24) is 14.6 Å². The van der Waals surface area contributed by atoms with Crippen molar-refractivity contribution >= 4 is 39.0 Å². The lowest BCUT2D eigenvalue weighted by molar-refractivity contribution is -0.120. The van der Waals surface area contributed by atoms with E-state index >= 15 is 0 Å². The number of carbonyl (C=O) groups excluding carboxylic acids is 2. The normalized spacial score (nSPS) is 20.7. The van der Waals surface area contributed by atoms with Gasteiger partial charge in [0.15, 0.2) is 0 Å². The number of nitrogens with one attached hydrogen (secondary N) is 1. The fourth-order valence-electron chi connectivity index (χ4n) is 4.84. The number of rotatable bonds is 5. The summed E-state index contributed by atoms with van der Waals surface area (Å²) in [6.07, 6.45) is 6.41. The maximum atomic E-state index is 13.2. The van der Waals surface area contributed by atoms with Gasteiger partial charge in [-0.15, -0.1) is 0 Å². The molecule has 6 nitrogen and oxygen atoms in total. The number of pyridine rings is 1. The molecule has 1 fully saturated rings. The Labute approximate surface area is 191 Å². The summed E-state index contributed by atoms with van der Waals surface area (Å²) in [5, 5.41) is 2.99. The van der Waals surface area contributed by atoms with Gasteiger partial charge in [-0.05, 0) is 93.3 Å². The minimum atomic E-state index is -0.401. The predicted molar refractivity (Wildman–Crippen MR) is 127 cm³/mol. The molecule has 4 rings (SSSR count). The summed E-state index contributed by atoms with van der Waals surface area (Å²) >= 11 is 3.59. The van der Waals surface area contributed by atoms with Gasteiger partial charge in [-0.1, -0.05) is 5.57 Å². The molecule has 1 N–H and O–H groups in total. The van der Waals surface area contributed by atoms with Crippen LogP contribution in [0.25, 0.3) is 5.52 Å². The van der Waals surface area contributed by atoms with Crippen molar-refractivity contribution in [2.24, 2.45) is 10.9 Å². The highest BCUT2D eigenvalue weighted by Gasteiger charge is 2.27. The van der Waals surface area contributed by atoms with Crippen molar-refractivity contribution in [2.75, 3.05) is 19.6 Å². The first kappa shape index (κ1) is 22.0. The molecule has 4 heterocycles. The average molecular weight is 485 g/mol. The van der Waals surface area contributed by atoms with Gasteiger partial charge in [0.25, 0.3) is 11.8 Å². The molecule has 2 aliphatic heterocycles. The molecule has 0 spiro atoms. The zero-order chi connectivity index (χ0) is 22.3. The van der Waals surface area contributed by atoms with Gasteiger partial charge in [-0.2, -0.15) is 0 Å². The van der Waals surface area contributed by atoms with Gasteiger partial charge in [-0.25, -0.2) is 4.99 Å². The third-order valence-corrected chi connectivity index (χ3v) is 6.96. The van der Waals surface area contributed by atoms with E-state index in [0.29, 0.717) is 11.3 Å². The summed E-state index contributed by atoms with van der Waals surface area (Å²) < 4.78 is 3.18. The molecule has 0 radical (unpaired) electrons. The quantitative estimate of drug-likeness (QED) is 0.680. The number of allylic oxidation sites excluding steroid dienone is 1. The molecule has 0 aliphatic carbocycles. The first-order valence-corrected chi connectivity index (χ1v) is 11.7. The molecule has 31 heavy (non-hydrogen) atoms. The van der Waals surface area contributed by atoms with Gasteiger partial charge in [-0.3, -0.25) is 14.5 Å². The largest absolute Gasteiger partial charge is 0.351 e. The van der Waals surface area contributed by atoms with E-state index in [-0.39, 0.29) is 24.4 Å². The van der Waals surface area contributed by atoms with Crippen molar-refractivity contribution in [3.8, 4) is 0 Å². The van der Waals surface area contributed by atoms with E-state index in [1.165, 1.54) is 12.8 Å². The number of dihydropyridines is 1. The monoisotopic (exact) mass is 484 g/mol. The smallest absolute Gasteiger partial charge is 0.254 e. The molecule has 7 heteroatoms. The molecule has 2 aromatic heterocycles. The van der Waals surface area contributed by atoms with E-state index in [9.17, 15) is 9.59 Å². The van der Waals surface area contributed by atoms with Crippen LogP contribution in [0.1, 0.15) is 61.3 Å². The molecule has 164 valence electrons. The van der Waals surface area contributed by atoms with E-state index in [0.717, 1.165) is 39.9 Å². The highest BCUT2D eigenvalue weighted by Crippen LogP contribution is 2.32. The van der Waals surface area contributed by atoms with Crippen LogP contribution < -0.4 is 5.32 Å². The van der Waals surface area contributed by atoms with E-state index in [1.54, 1.807) is 0 Å². The molecule has 2 amide bonds. The van der Waals surface area contributed by atoms with E-state index < -0.39 is 5.92 Å². The topological polar surface area (TPSA) is 66.2 Å². The fraction of sp³-hybridized carbons (Fsp3) is 0.458. The Hall–Kier alpha value is -2.25. The van der Waals surface area contributed by atoms with Gasteiger partial charge < -0.3 is 9.72 Å². The second-order valence-electron chi connectivity index (χ2n) is 8.68. The lowest BCUT2D eigenvalue weighted by Gasteiger charge is -2.27. The van der Waals surface area contributed by atoms with E-state index in [2.05, 4.69) is 48.7 Å². The number of hydrogen-bond acceptors (Lipinski definition) is 3. The fourth-order valence-corrected chi connectivity index (χ4v) is 5.28. The highest BCUT2D eigenvalue weighted by atomic mass is 79.9. The van der Waals surface area contributed by atoms with Gasteiger partial charge in [0.05, 0.1) is 5.92 Å². The Morgan fingerprint density at radius 3 is 2.65 bits per heavy atom. The van der Waals surface area contributed by atoms with Crippen LogP contribution in [0.4, 0.5) is 0 Å². The number of carbonyl (C=O) groups is 2. The molecular weight excluding hydrogens is 456 g/mol. The molecule has 1 saturated heterocycles. The van der Waals surface area contributed by atoms with Crippen molar-refractivity contribution in [3.05, 3.63) is 51.3 Å². The first-order chi connectivity index (χ1) is 14.8. The zero-order valence-electron chi connectivity index (χ0n) is 18.5. The lowest BCUT2D eigenvalue weighted by atomic mass is 9.95. The van der Waals surface area contributed by atoms with Gasteiger partial charge >= 0.3 is 0 Å². The molecule has 2 aliphatic rings. The van der Waals surface area contributed by atoms with Crippen LogP contribution in [-0.4, -0.2) is 46.5 Å². The summed E-state index contributed by atoms with van der Waals surface area (Å²) in [7, 11) is 0. The minimum Gasteiger partial charge on any atom is -0.351 e. The van der Waals surface area contributed by atoms with Crippen LogP contribution in [0, 0.1) is 12.8 Å². The molecule has 0 bridgehead atoms. The maximum Gasteiger partial charge on any atom is 0.254 e. The number of hydrogen-bond donors (Lipinski definition) is 1. The maximum absolute atomic E-state index is 13.2. The Morgan fingerprint density at radius 1 is 1.26 bits per heavy atom. The Balaban J connectivity index is 1.64. The number of halogens is 1. The molecule has 2 aromatic rings. The molecule has 2 unspecified atom stereocenters. The Bertz CT molecular complexity index is 1110. The van der Waals surface area contributed by atoms with E-state index in [4.69, 9.17) is 0 Å². The Kier molecular flexibility index (Phi) is 6.17. The summed E-state index contributed by atoms with van der Waals surface area (Å²) in [6, 6.07) is 4.17. The van der Waals surface area contributed by atoms with Crippen LogP contribution in [0.3, 0.4) is 0 Å². The van der Waals surface area contributed by atoms with Crippen LogP contribution in [0.5, 0.6) is 0 Å². The second-order valence-corrected chi connectivity index (χ2v) is 9.60. The zero-order valence-corrected chi connectivity index (χ0v) is 20.1. The Morgan fingerprint density at radius 2 is 1.97 bits per heavy atom. The summed E-state index contributed by atoms with van der Waals surface area (Å²) in [5.41, 5.74) is 5.40. The number of aliphatic imine (C=N–C) groups is 1. The minimum absolute atomic E-state index is 0.154. The van der Waals surface area contributed by atoms with Gasteiger partial charge in [0, 0.05) is 45.7 Å². The number of nitrogens with zero attached hydrogens (tertiary/aromatic N) is 3. The number of amides is 2. The summed E-state index contributed by atoms with van der Waals surface area (Å²) in [6.45, 7) is 10.4. The first-order valence-electron chi connectivity index (χ1n) is 10.9. The summed E-state index contributed by atoms with van der Waals surface area (Å²) in [4.78, 5) is 32.0. The highest BCUT2D eigenvalue weighted by molar-refractivity contribution is 9.10. The standard InChI is InChI=1S/C24H29BrN4O2/c1-14-9-15(2)27-24(31)21(14)12-26-23(30)20-11-19-10-18(25)13-29(19)22(16(20)3)17(4)28-7-5-6-8-28/h9-11,13,17,21H,5-8,12H2,1-4H3,(H,26,30).